The Hall–Kier alpha value is -0.580. The molecule has 4 rings (SSSR count). The van der Waals surface area contributed by atoms with Crippen LogP contribution in [-0.2, 0) is 11.2 Å². The zero-order valence-corrected chi connectivity index (χ0v) is 14.5. The van der Waals surface area contributed by atoms with E-state index in [-0.39, 0.29) is 5.41 Å². The van der Waals surface area contributed by atoms with E-state index in [4.69, 9.17) is 0 Å². The maximum atomic E-state index is 12.5. The summed E-state index contributed by atoms with van der Waals surface area (Å²) in [5, 5.41) is 9.71. The van der Waals surface area contributed by atoms with Gasteiger partial charge in [-0.2, -0.15) is 0 Å². The molecule has 1 N–H and O–H groups in total. The second-order valence-corrected chi connectivity index (χ2v) is 8.92. The van der Waals surface area contributed by atoms with Gasteiger partial charge in [-0.3, -0.25) is 4.79 Å². The van der Waals surface area contributed by atoms with Crippen LogP contribution < -0.4 is 0 Å². The summed E-state index contributed by atoms with van der Waals surface area (Å²) in [6.45, 7) is 2.22. The molecule has 2 saturated carbocycles. The Labute approximate surface area is 139 Å². The molecule has 0 unspecified atom stereocenters. The molecule has 3 aliphatic rings. The number of aryl methyl sites for hydroxylation is 1. The minimum atomic E-state index is -0.0680. The first-order valence-corrected chi connectivity index (χ1v) is 9.24. The largest absolute Gasteiger partial charge is 0.508 e. The second-order valence-electron chi connectivity index (χ2n) is 7.32. The van der Waals surface area contributed by atoms with E-state index in [1.54, 1.807) is 0 Å². The van der Waals surface area contributed by atoms with Gasteiger partial charge in [0.2, 0.25) is 0 Å². The van der Waals surface area contributed by atoms with E-state index in [0.717, 1.165) is 25.7 Å². The van der Waals surface area contributed by atoms with Gasteiger partial charge >= 0.3 is 0 Å². The number of carbonyl (C=O) groups excluding carboxylic acids is 1. The van der Waals surface area contributed by atoms with Gasteiger partial charge in [0.05, 0.1) is 0 Å². The summed E-state index contributed by atoms with van der Waals surface area (Å²) in [4.78, 5) is 12.5. The van der Waals surface area contributed by atoms with Crippen molar-refractivity contribution < 1.29 is 9.90 Å². The van der Waals surface area contributed by atoms with Crippen molar-refractivity contribution in [3.8, 4) is 5.75 Å². The van der Waals surface area contributed by atoms with Gasteiger partial charge in [-0.15, -0.1) is 0 Å². The number of fused-ring (bicyclic) bond motifs is 5. The minimum absolute atomic E-state index is 0.0680. The molecule has 0 saturated heterocycles. The highest BCUT2D eigenvalue weighted by molar-refractivity contribution is 14.1. The van der Waals surface area contributed by atoms with E-state index in [2.05, 4.69) is 35.6 Å². The average molecular weight is 396 g/mol. The number of rotatable bonds is 0. The molecule has 0 aliphatic heterocycles. The van der Waals surface area contributed by atoms with E-state index in [1.165, 1.54) is 17.5 Å². The number of carbonyl (C=O) groups is 1. The van der Waals surface area contributed by atoms with Gasteiger partial charge in [-0.1, -0.05) is 35.6 Å². The number of Topliss-reactive ketones (excluding diaryl/α,β-unsaturated/α-hetero) is 1. The molecule has 5 atom stereocenters. The molecular formula is C18H21IO2. The van der Waals surface area contributed by atoms with E-state index in [9.17, 15) is 9.90 Å². The van der Waals surface area contributed by atoms with Gasteiger partial charge in [-0.05, 0) is 66.7 Å². The predicted molar refractivity (Wildman–Crippen MR) is 90.9 cm³/mol. The highest BCUT2D eigenvalue weighted by atomic mass is 127. The molecular weight excluding hydrogens is 375 g/mol. The minimum Gasteiger partial charge on any atom is -0.508 e. The van der Waals surface area contributed by atoms with E-state index in [0.29, 0.717) is 33.2 Å². The van der Waals surface area contributed by atoms with Crippen molar-refractivity contribution in [1.29, 1.82) is 0 Å². The highest BCUT2D eigenvalue weighted by Crippen LogP contribution is 2.61. The number of phenols is 1. The van der Waals surface area contributed by atoms with Crippen LogP contribution in [0.4, 0.5) is 0 Å². The summed E-state index contributed by atoms with van der Waals surface area (Å²) in [5.74, 6) is 2.67. The molecule has 3 aliphatic carbocycles. The lowest BCUT2D eigenvalue weighted by Gasteiger charge is -2.49. The van der Waals surface area contributed by atoms with E-state index < -0.39 is 0 Å². The van der Waals surface area contributed by atoms with Crippen LogP contribution in [-0.4, -0.2) is 14.8 Å². The molecule has 1 aromatic carbocycles. The summed E-state index contributed by atoms with van der Waals surface area (Å²) in [6.07, 6.45) is 5.17. The van der Waals surface area contributed by atoms with Crippen LogP contribution in [0.15, 0.2) is 18.2 Å². The Morgan fingerprint density at radius 1 is 1.33 bits per heavy atom. The molecule has 0 amide bonds. The van der Waals surface area contributed by atoms with Gasteiger partial charge in [0.25, 0.3) is 0 Å². The molecule has 21 heavy (non-hydrogen) atoms. The Morgan fingerprint density at radius 2 is 2.14 bits per heavy atom. The number of halogens is 1. The first kappa shape index (κ1) is 14.0. The fraction of sp³-hybridized carbons (Fsp3) is 0.611. The van der Waals surface area contributed by atoms with E-state index >= 15 is 0 Å². The van der Waals surface area contributed by atoms with Crippen LogP contribution in [0.2, 0.25) is 0 Å². The van der Waals surface area contributed by atoms with Crippen molar-refractivity contribution >= 4 is 28.4 Å². The normalized spacial score (nSPS) is 41.3. The number of benzene rings is 1. The number of phenolic OH excluding ortho intramolecular Hbond substituents is 1. The zero-order valence-electron chi connectivity index (χ0n) is 12.3. The quantitative estimate of drug-likeness (QED) is 0.527. The molecule has 2 nitrogen and oxygen atoms in total. The molecule has 0 radical (unpaired) electrons. The lowest BCUT2D eigenvalue weighted by molar-refractivity contribution is -0.129. The monoisotopic (exact) mass is 396 g/mol. The van der Waals surface area contributed by atoms with Gasteiger partial charge in [0.1, 0.15) is 11.5 Å². The fourth-order valence-corrected chi connectivity index (χ4v) is 7.08. The van der Waals surface area contributed by atoms with Crippen molar-refractivity contribution in [3.05, 3.63) is 29.3 Å². The third kappa shape index (κ3) is 1.92. The van der Waals surface area contributed by atoms with Crippen LogP contribution in [0, 0.1) is 17.3 Å². The smallest absolute Gasteiger partial charge is 0.140 e. The van der Waals surface area contributed by atoms with Crippen molar-refractivity contribution in [3.63, 3.8) is 0 Å². The van der Waals surface area contributed by atoms with Gasteiger partial charge in [0.15, 0.2) is 0 Å². The first-order chi connectivity index (χ1) is 10.0. The topological polar surface area (TPSA) is 37.3 Å². The Kier molecular flexibility index (Phi) is 3.15. The van der Waals surface area contributed by atoms with Crippen molar-refractivity contribution in [2.45, 2.75) is 48.9 Å². The summed E-state index contributed by atoms with van der Waals surface area (Å²) in [7, 11) is 0. The summed E-state index contributed by atoms with van der Waals surface area (Å²) < 4.78 is 0.506. The molecule has 0 spiro atoms. The Bertz CT molecular complexity index is 611. The second kappa shape index (κ2) is 4.71. The molecule has 0 heterocycles. The van der Waals surface area contributed by atoms with Crippen molar-refractivity contribution in [1.82, 2.24) is 0 Å². The number of alkyl halides is 1. The van der Waals surface area contributed by atoms with Crippen LogP contribution in [0.1, 0.15) is 49.7 Å². The van der Waals surface area contributed by atoms with Crippen LogP contribution in [0.3, 0.4) is 0 Å². The maximum absolute atomic E-state index is 12.5. The zero-order chi connectivity index (χ0) is 14.8. The molecule has 0 aromatic heterocycles. The molecule has 1 aromatic rings. The van der Waals surface area contributed by atoms with Gasteiger partial charge < -0.3 is 5.11 Å². The summed E-state index contributed by atoms with van der Waals surface area (Å²) in [6, 6.07) is 5.90. The highest BCUT2D eigenvalue weighted by Gasteiger charge is 2.58. The van der Waals surface area contributed by atoms with Crippen LogP contribution in [0.25, 0.3) is 0 Å². The van der Waals surface area contributed by atoms with E-state index in [1.807, 2.05) is 12.1 Å². The predicted octanol–water partition coefficient (Wildman–Crippen LogP) is 4.23. The average Bonchev–Trinajstić information content (AvgIpc) is 2.68. The number of aromatic hydroxyl groups is 1. The molecule has 2 fully saturated rings. The molecule has 112 valence electrons. The summed E-state index contributed by atoms with van der Waals surface area (Å²) in [5.41, 5.74) is 2.70. The Balaban J connectivity index is 1.75. The molecule has 0 bridgehead atoms. The third-order valence-corrected chi connectivity index (χ3v) is 7.58. The number of hydrogen-bond donors (Lipinski definition) is 1. The lowest BCUT2D eigenvalue weighted by atomic mass is 9.55. The Morgan fingerprint density at radius 3 is 2.95 bits per heavy atom. The fourth-order valence-electron chi connectivity index (χ4n) is 5.35. The SMILES string of the molecule is C[C@]12CC[C@@H]3c4ccc(O)cc4CC[C@H]3[C@@H]1[C@@H](I)CC2=O. The van der Waals surface area contributed by atoms with Crippen LogP contribution >= 0.6 is 22.6 Å². The molecule has 3 heteroatoms. The van der Waals surface area contributed by atoms with Gasteiger partial charge in [-0.25, -0.2) is 0 Å². The maximum Gasteiger partial charge on any atom is 0.140 e. The van der Waals surface area contributed by atoms with Crippen LogP contribution in [0.5, 0.6) is 5.75 Å². The standard InChI is InChI=1S/C18H21IO2/c1-18-7-6-13-12-5-3-11(20)8-10(12)2-4-14(13)17(18)15(19)9-16(18)21/h3,5,8,13-15,17,20H,2,4,6-7,9H2,1H3/t13-,14-,15+,17-,18-/m1/s1. The number of ketones is 1. The lowest BCUT2D eigenvalue weighted by Crippen LogP contribution is -2.44. The number of hydrogen-bond acceptors (Lipinski definition) is 2. The van der Waals surface area contributed by atoms with Crippen molar-refractivity contribution in [2.24, 2.45) is 17.3 Å². The third-order valence-electron chi connectivity index (χ3n) is 6.37. The van der Waals surface area contributed by atoms with Crippen molar-refractivity contribution in [2.75, 3.05) is 0 Å². The summed E-state index contributed by atoms with van der Waals surface area (Å²) >= 11 is 2.52. The first-order valence-electron chi connectivity index (χ1n) is 8.00. The van der Waals surface area contributed by atoms with Gasteiger partial charge in [0, 0.05) is 15.8 Å².